The molecule has 0 bridgehead atoms. The van der Waals surface area contributed by atoms with Crippen molar-refractivity contribution in [2.75, 3.05) is 0 Å². The van der Waals surface area contributed by atoms with E-state index in [4.69, 9.17) is 9.47 Å². The fraction of sp³-hybridized carbons (Fsp3) is 0.436. The molecular formula is C39H32F6N2O2S2. The molecule has 51 heavy (non-hydrogen) atoms. The Balaban J connectivity index is 1.43. The highest BCUT2D eigenvalue weighted by Gasteiger charge is 2.85. The van der Waals surface area contributed by atoms with Gasteiger partial charge in [0, 0.05) is 32.1 Å². The van der Waals surface area contributed by atoms with Crippen molar-refractivity contribution in [3.8, 4) is 12.1 Å². The summed E-state index contributed by atoms with van der Waals surface area (Å²) in [6.45, 7) is 0. The second-order valence-corrected chi connectivity index (χ2v) is 16.3. The normalized spacial score (nSPS) is 29.5. The summed E-state index contributed by atoms with van der Waals surface area (Å²) in [5.74, 6) is -16.2. The van der Waals surface area contributed by atoms with E-state index in [9.17, 15) is 10.5 Å². The highest BCUT2D eigenvalue weighted by molar-refractivity contribution is 8.14. The SMILES string of the molecule is N#Cc1ccc(C2=CC3=C4C(=C5C=C(c6ccc(C#N)cc6)SC5(OC5CCCCC5)C3(OC3CCCCC3)S2)C(F)(F)C(F)(F)C4(F)F)cc1. The van der Waals surface area contributed by atoms with Gasteiger partial charge in [0.25, 0.3) is 0 Å². The highest BCUT2D eigenvalue weighted by Crippen LogP contribution is 2.76. The second kappa shape index (κ2) is 12.3. The maximum Gasteiger partial charge on any atom is 0.380 e. The zero-order valence-corrected chi connectivity index (χ0v) is 28.9. The summed E-state index contributed by atoms with van der Waals surface area (Å²) in [6.07, 6.45) is 9.01. The molecule has 4 nitrogen and oxygen atoms in total. The number of nitrogens with zero attached hydrogens (tertiary/aromatic N) is 2. The number of thioether (sulfide) groups is 2. The monoisotopic (exact) mass is 738 g/mol. The van der Waals surface area contributed by atoms with Crippen LogP contribution in [0.2, 0.25) is 0 Å². The highest BCUT2D eigenvalue weighted by atomic mass is 32.2. The molecule has 6 aliphatic rings. The Hall–Kier alpha value is -3.42. The summed E-state index contributed by atoms with van der Waals surface area (Å²) < 4.78 is 111. The zero-order valence-electron chi connectivity index (χ0n) is 27.3. The lowest BCUT2D eigenvalue weighted by atomic mass is 9.79. The Bertz CT molecular complexity index is 1840. The van der Waals surface area contributed by atoms with Gasteiger partial charge in [-0.15, -0.1) is 0 Å². The number of allylic oxidation sites excluding steroid dienone is 2. The summed E-state index contributed by atoms with van der Waals surface area (Å²) in [4.78, 5) is -3.24. The summed E-state index contributed by atoms with van der Waals surface area (Å²) in [6, 6.07) is 16.8. The molecule has 2 aromatic carbocycles. The van der Waals surface area contributed by atoms with Gasteiger partial charge in [-0.1, -0.05) is 86.3 Å². The molecular weight excluding hydrogens is 707 g/mol. The molecule has 0 spiro atoms. The average Bonchev–Trinajstić information content (AvgIpc) is 3.74. The van der Waals surface area contributed by atoms with Gasteiger partial charge in [0.15, 0.2) is 9.87 Å². The third kappa shape index (κ3) is 5.04. The number of halogens is 6. The van der Waals surface area contributed by atoms with Crippen molar-refractivity contribution in [1.29, 1.82) is 10.5 Å². The maximum absolute atomic E-state index is 16.4. The van der Waals surface area contributed by atoms with Crippen molar-refractivity contribution < 1.29 is 35.8 Å². The molecule has 2 aromatic rings. The van der Waals surface area contributed by atoms with E-state index < -0.39 is 62.1 Å². The summed E-state index contributed by atoms with van der Waals surface area (Å²) in [5, 5.41) is 18.8. The van der Waals surface area contributed by atoms with Crippen molar-refractivity contribution in [1.82, 2.24) is 0 Å². The number of hydrogen-bond donors (Lipinski definition) is 0. The van der Waals surface area contributed by atoms with Crippen LogP contribution in [0.15, 0.2) is 83.0 Å². The van der Waals surface area contributed by atoms with Crippen LogP contribution in [-0.2, 0) is 9.47 Å². The first-order chi connectivity index (χ1) is 24.4. The number of benzene rings is 2. The van der Waals surface area contributed by atoms with Crippen molar-refractivity contribution in [3.63, 3.8) is 0 Å². The number of hydrogen-bond acceptors (Lipinski definition) is 6. The first-order valence-electron chi connectivity index (χ1n) is 17.2. The van der Waals surface area contributed by atoms with Gasteiger partial charge in [0.2, 0.25) is 0 Å². The van der Waals surface area contributed by atoms with Crippen LogP contribution in [0.1, 0.15) is 86.5 Å². The first kappa shape index (κ1) is 34.7. The number of ether oxygens (including phenoxy) is 2. The molecule has 4 aliphatic carbocycles. The van der Waals surface area contributed by atoms with Gasteiger partial charge in [0.05, 0.1) is 35.5 Å². The minimum atomic E-state index is -5.74. The smallest absolute Gasteiger partial charge is 0.352 e. The van der Waals surface area contributed by atoms with Crippen LogP contribution in [0.4, 0.5) is 26.3 Å². The third-order valence-corrected chi connectivity index (χ3v) is 13.8. The molecule has 264 valence electrons. The van der Waals surface area contributed by atoms with E-state index in [1.165, 1.54) is 12.2 Å². The molecule has 0 N–H and O–H groups in total. The minimum Gasteiger partial charge on any atom is -0.352 e. The number of alkyl halides is 6. The van der Waals surface area contributed by atoms with Crippen LogP contribution < -0.4 is 0 Å². The zero-order chi connectivity index (χ0) is 35.8. The number of nitriles is 2. The van der Waals surface area contributed by atoms with E-state index in [1.54, 1.807) is 48.5 Å². The lowest BCUT2D eigenvalue weighted by Crippen LogP contribution is -2.59. The summed E-state index contributed by atoms with van der Waals surface area (Å²) >= 11 is 2.08. The van der Waals surface area contributed by atoms with Crippen LogP contribution in [0.3, 0.4) is 0 Å². The van der Waals surface area contributed by atoms with Crippen LogP contribution in [0.25, 0.3) is 9.81 Å². The quantitative estimate of drug-likeness (QED) is 0.275. The van der Waals surface area contributed by atoms with Crippen LogP contribution in [0.5, 0.6) is 0 Å². The lowest BCUT2D eigenvalue weighted by Gasteiger charge is -2.52. The van der Waals surface area contributed by atoms with E-state index >= 15 is 26.3 Å². The van der Waals surface area contributed by atoms with E-state index in [2.05, 4.69) is 0 Å². The molecule has 2 aliphatic heterocycles. The van der Waals surface area contributed by atoms with Crippen molar-refractivity contribution in [3.05, 3.63) is 105 Å². The van der Waals surface area contributed by atoms with Gasteiger partial charge in [-0.2, -0.15) is 36.9 Å². The Morgan fingerprint density at radius 2 is 0.902 bits per heavy atom. The van der Waals surface area contributed by atoms with E-state index in [0.717, 1.165) is 62.0 Å². The van der Waals surface area contributed by atoms with Gasteiger partial charge in [-0.05, 0) is 73.2 Å². The minimum absolute atomic E-state index is 0.350. The molecule has 0 radical (unpaired) electrons. The molecule has 0 amide bonds. The molecule has 3 fully saturated rings. The summed E-state index contributed by atoms with van der Waals surface area (Å²) in [5.41, 5.74) is -2.02. The van der Waals surface area contributed by atoms with Gasteiger partial charge in [-0.25, -0.2) is 0 Å². The summed E-state index contributed by atoms with van der Waals surface area (Å²) in [7, 11) is 0. The molecule has 12 heteroatoms. The molecule has 0 saturated heterocycles. The van der Waals surface area contributed by atoms with Gasteiger partial charge in [0.1, 0.15) is 0 Å². The van der Waals surface area contributed by atoms with Crippen LogP contribution >= 0.6 is 23.5 Å². The van der Waals surface area contributed by atoms with Gasteiger partial charge in [-0.3, -0.25) is 0 Å². The average molecular weight is 739 g/mol. The maximum atomic E-state index is 16.4. The van der Waals surface area contributed by atoms with Gasteiger partial charge >= 0.3 is 17.8 Å². The van der Waals surface area contributed by atoms with E-state index in [-0.39, 0.29) is 0 Å². The van der Waals surface area contributed by atoms with Crippen molar-refractivity contribution in [2.24, 2.45) is 0 Å². The predicted molar refractivity (Wildman–Crippen MR) is 184 cm³/mol. The Kier molecular flexibility index (Phi) is 8.38. The van der Waals surface area contributed by atoms with Crippen molar-refractivity contribution in [2.45, 2.75) is 104 Å². The Morgan fingerprint density at radius 3 is 1.24 bits per heavy atom. The topological polar surface area (TPSA) is 66.0 Å². The predicted octanol–water partition coefficient (Wildman–Crippen LogP) is 10.9. The second-order valence-electron chi connectivity index (χ2n) is 13.9. The molecule has 0 aromatic heterocycles. The molecule has 2 heterocycles. The fourth-order valence-corrected chi connectivity index (χ4v) is 11.4. The van der Waals surface area contributed by atoms with Crippen LogP contribution in [-0.4, -0.2) is 39.8 Å². The van der Waals surface area contributed by atoms with E-state index in [0.29, 0.717) is 57.7 Å². The number of fused-ring (bicyclic) bond motifs is 4. The Morgan fingerprint density at radius 1 is 0.549 bits per heavy atom. The molecule has 2 atom stereocenters. The standard InChI is InChI=1S/C39H32F6N2O2S2/c40-35(41)33-29-19-31(25-15-11-23(21-46)12-16-25)50-37(29,48-27-7-3-1-4-8-27)38(49-28-9-5-2-6-10-28)30(34(33)36(42,43)39(35,44)45)20-32(51-38)26-17-13-24(22-47)14-18-26/h11-20,27-28H,1-10H2. The number of rotatable bonds is 6. The lowest BCUT2D eigenvalue weighted by molar-refractivity contribution is -0.258. The Labute approximate surface area is 300 Å². The molecule has 8 rings (SSSR count). The molecule has 3 saturated carbocycles. The van der Waals surface area contributed by atoms with Gasteiger partial charge < -0.3 is 9.47 Å². The van der Waals surface area contributed by atoms with Crippen molar-refractivity contribution >= 4 is 33.3 Å². The fourth-order valence-electron chi connectivity index (χ4n) is 8.19. The molecule has 2 unspecified atom stereocenters. The van der Waals surface area contributed by atoms with Crippen LogP contribution in [0, 0.1) is 22.7 Å². The first-order valence-corrected chi connectivity index (χ1v) is 18.8. The largest absolute Gasteiger partial charge is 0.380 e. The van der Waals surface area contributed by atoms with E-state index in [1.807, 2.05) is 12.1 Å². The third-order valence-electron chi connectivity index (χ3n) is 10.8.